The first kappa shape index (κ1) is 27.0. The summed E-state index contributed by atoms with van der Waals surface area (Å²) in [6.07, 6.45) is 12.2. The van der Waals surface area contributed by atoms with E-state index < -0.39 is 0 Å². The van der Waals surface area contributed by atoms with Crippen molar-refractivity contribution in [3.8, 4) is 11.5 Å². The normalized spacial score (nSPS) is 20.3. The van der Waals surface area contributed by atoms with Gasteiger partial charge >= 0.3 is 0 Å². The third-order valence-corrected chi connectivity index (χ3v) is 9.93. The smallest absolute Gasteiger partial charge is 0.246 e. The van der Waals surface area contributed by atoms with Crippen molar-refractivity contribution in [2.45, 2.75) is 46.1 Å². The maximum absolute atomic E-state index is 13.1. The summed E-state index contributed by atoms with van der Waals surface area (Å²) >= 11 is 1.66. The Kier molecular flexibility index (Phi) is 7.38. The van der Waals surface area contributed by atoms with Crippen LogP contribution >= 0.6 is 11.3 Å². The molecule has 2 fully saturated rings. The molecule has 1 aromatic carbocycles. The third-order valence-electron chi connectivity index (χ3n) is 8.80. The molecule has 9 heteroatoms. The Morgan fingerprint density at radius 3 is 2.76 bits per heavy atom. The molecule has 2 unspecified atom stereocenters. The van der Waals surface area contributed by atoms with E-state index in [1.54, 1.807) is 29.9 Å². The highest BCUT2D eigenvalue weighted by molar-refractivity contribution is 7.19. The van der Waals surface area contributed by atoms with Gasteiger partial charge in [-0.15, -0.1) is 11.3 Å². The first-order chi connectivity index (χ1) is 20.5. The predicted molar refractivity (Wildman–Crippen MR) is 166 cm³/mol. The number of carbonyl (C=O) groups is 1. The zero-order valence-corrected chi connectivity index (χ0v) is 25.0. The van der Waals surface area contributed by atoms with Crippen molar-refractivity contribution in [2.75, 3.05) is 31.5 Å². The van der Waals surface area contributed by atoms with Gasteiger partial charge in [-0.05, 0) is 92.8 Å². The Morgan fingerprint density at radius 1 is 1.12 bits per heavy atom. The maximum Gasteiger partial charge on any atom is 0.246 e. The van der Waals surface area contributed by atoms with Gasteiger partial charge < -0.3 is 15.0 Å². The van der Waals surface area contributed by atoms with E-state index >= 15 is 0 Å². The molecule has 1 saturated carbocycles. The van der Waals surface area contributed by atoms with Gasteiger partial charge in [0.25, 0.3) is 0 Å². The number of likely N-dealkylation sites (tertiary alicyclic amines) is 1. The van der Waals surface area contributed by atoms with Crippen molar-refractivity contribution in [1.29, 1.82) is 0 Å². The summed E-state index contributed by atoms with van der Waals surface area (Å²) in [7, 11) is 0. The molecule has 0 spiro atoms. The quantitative estimate of drug-likeness (QED) is 0.253. The molecule has 1 amide bonds. The molecule has 42 heavy (non-hydrogen) atoms. The second-order valence-electron chi connectivity index (χ2n) is 11.9. The Bertz CT molecular complexity index is 1640. The van der Waals surface area contributed by atoms with Crippen LogP contribution in [0.3, 0.4) is 0 Å². The number of carbonyl (C=O) groups excluding carboxylic acids is 1. The summed E-state index contributed by atoms with van der Waals surface area (Å²) in [5.74, 6) is 4.12. The number of hydrogen-bond acceptors (Lipinski definition) is 8. The molecule has 8 nitrogen and oxygen atoms in total. The molecule has 3 aliphatic rings. The molecule has 2 atom stereocenters. The number of anilines is 2. The summed E-state index contributed by atoms with van der Waals surface area (Å²) in [6.45, 7) is 8.54. The van der Waals surface area contributed by atoms with Crippen molar-refractivity contribution >= 4 is 39.0 Å². The average molecular weight is 581 g/mol. The fourth-order valence-corrected chi connectivity index (χ4v) is 7.91. The zero-order valence-electron chi connectivity index (χ0n) is 24.2. The van der Waals surface area contributed by atoms with Gasteiger partial charge in [0.1, 0.15) is 28.5 Å². The fourth-order valence-electron chi connectivity index (χ4n) is 6.70. The van der Waals surface area contributed by atoms with E-state index in [0.29, 0.717) is 18.8 Å². The molecule has 2 aliphatic heterocycles. The fraction of sp³-hybridized carbons (Fsp3) is 0.394. The predicted octanol–water partition coefficient (Wildman–Crippen LogP) is 6.41. The van der Waals surface area contributed by atoms with Crippen LogP contribution in [-0.2, 0) is 17.8 Å². The lowest BCUT2D eigenvalue weighted by Crippen LogP contribution is -2.37. The van der Waals surface area contributed by atoms with Crippen LogP contribution in [-0.4, -0.2) is 56.8 Å². The van der Waals surface area contributed by atoms with E-state index in [9.17, 15) is 4.79 Å². The van der Waals surface area contributed by atoms with Gasteiger partial charge in [-0.25, -0.2) is 9.97 Å². The summed E-state index contributed by atoms with van der Waals surface area (Å²) < 4.78 is 6.04. The Hall–Kier alpha value is -3.82. The number of thiophene rings is 1. The van der Waals surface area contributed by atoms with Crippen LogP contribution in [0, 0.1) is 25.7 Å². The van der Waals surface area contributed by atoms with Gasteiger partial charge in [0.05, 0.1) is 18.1 Å². The second kappa shape index (κ2) is 11.5. The van der Waals surface area contributed by atoms with Gasteiger partial charge in [-0.1, -0.05) is 6.08 Å². The molecule has 216 valence electrons. The number of aromatic nitrogens is 3. The Balaban J connectivity index is 1.03. The molecule has 2 bridgehead atoms. The molecule has 0 radical (unpaired) electrons. The van der Waals surface area contributed by atoms with Crippen LogP contribution < -0.4 is 10.1 Å². The number of benzene rings is 1. The standard InChI is InChI=1S/C33H36N6O2S/c1-21-14-25(8-10-28(21)41-26-9-5-22(2)34-16-26)37-32-31-27-11-13-39(19-29(27)42-33(31)36-20-35-32)30(40)4-3-12-38-17-23-6-7-24(15-23)18-38/h3-5,8-10,14,16,20,23-24H,6-7,11-13,15,17-19H2,1-2H3,(H,35,36,37)/b4-3+. The van der Waals surface area contributed by atoms with Gasteiger partial charge in [0.15, 0.2) is 0 Å². The molecule has 1 N–H and O–H groups in total. The number of amides is 1. The number of fused-ring (bicyclic) bond motifs is 5. The highest BCUT2D eigenvalue weighted by Gasteiger charge is 2.32. The maximum atomic E-state index is 13.1. The van der Waals surface area contributed by atoms with Gasteiger partial charge in [0, 0.05) is 48.5 Å². The highest BCUT2D eigenvalue weighted by atomic mass is 32.1. The van der Waals surface area contributed by atoms with Crippen molar-refractivity contribution in [3.05, 3.63) is 76.7 Å². The molecule has 5 heterocycles. The topological polar surface area (TPSA) is 83.5 Å². The first-order valence-electron chi connectivity index (χ1n) is 14.9. The van der Waals surface area contributed by atoms with Crippen LogP contribution in [0.5, 0.6) is 11.5 Å². The van der Waals surface area contributed by atoms with Crippen molar-refractivity contribution < 1.29 is 9.53 Å². The van der Waals surface area contributed by atoms with E-state index in [0.717, 1.165) is 63.5 Å². The van der Waals surface area contributed by atoms with E-state index in [-0.39, 0.29) is 5.91 Å². The number of pyridine rings is 1. The zero-order chi connectivity index (χ0) is 28.6. The van der Waals surface area contributed by atoms with Crippen LogP contribution in [0.25, 0.3) is 10.2 Å². The van der Waals surface area contributed by atoms with Crippen molar-refractivity contribution in [3.63, 3.8) is 0 Å². The lowest BCUT2D eigenvalue weighted by molar-refractivity contribution is -0.126. The van der Waals surface area contributed by atoms with E-state index in [4.69, 9.17) is 4.74 Å². The van der Waals surface area contributed by atoms with E-state index in [1.807, 2.05) is 43.0 Å². The number of aryl methyl sites for hydroxylation is 2. The third kappa shape index (κ3) is 5.63. The highest BCUT2D eigenvalue weighted by Crippen LogP contribution is 2.39. The van der Waals surface area contributed by atoms with Gasteiger partial charge in [-0.2, -0.15) is 0 Å². The SMILES string of the molecule is Cc1ccc(Oc2ccc(Nc3ncnc4sc5c(c34)CCN(C(=O)/C=C/CN3CC4CCC(C4)C3)C5)cc2C)cn1. The molecule has 3 aromatic heterocycles. The lowest BCUT2D eigenvalue weighted by Gasteiger charge is -2.30. The number of nitrogens with zero attached hydrogens (tertiary/aromatic N) is 5. The van der Waals surface area contributed by atoms with Crippen LogP contribution in [0.1, 0.15) is 41.0 Å². The van der Waals surface area contributed by atoms with Crippen molar-refractivity contribution in [2.24, 2.45) is 11.8 Å². The average Bonchev–Trinajstić information content (AvgIpc) is 3.54. The molecule has 4 aromatic rings. The van der Waals surface area contributed by atoms with Crippen LogP contribution in [0.4, 0.5) is 11.5 Å². The summed E-state index contributed by atoms with van der Waals surface area (Å²) in [5, 5.41) is 4.58. The summed E-state index contributed by atoms with van der Waals surface area (Å²) in [5.41, 5.74) is 4.14. The largest absolute Gasteiger partial charge is 0.455 e. The summed E-state index contributed by atoms with van der Waals surface area (Å²) in [6, 6.07) is 9.89. The van der Waals surface area contributed by atoms with Gasteiger partial charge in [-0.3, -0.25) is 14.7 Å². The molecular formula is C33H36N6O2S. The minimum absolute atomic E-state index is 0.0988. The second-order valence-corrected chi connectivity index (χ2v) is 13.0. The molecule has 1 aliphatic carbocycles. The first-order valence-corrected chi connectivity index (χ1v) is 15.7. The number of piperidine rings is 1. The molecule has 7 rings (SSSR count). The Morgan fingerprint density at radius 2 is 1.98 bits per heavy atom. The number of rotatable bonds is 7. The minimum Gasteiger partial charge on any atom is -0.455 e. The number of nitrogens with one attached hydrogen (secondary N) is 1. The lowest BCUT2D eigenvalue weighted by atomic mass is 9.99. The Labute approximate surface area is 250 Å². The van der Waals surface area contributed by atoms with Crippen molar-refractivity contribution in [1.82, 2.24) is 24.8 Å². The van der Waals surface area contributed by atoms with E-state index in [2.05, 4.69) is 37.3 Å². The number of hydrogen-bond donors (Lipinski definition) is 1. The molecule has 1 saturated heterocycles. The van der Waals surface area contributed by atoms with Gasteiger partial charge in [0.2, 0.25) is 5.91 Å². The number of ether oxygens (including phenoxy) is 1. The van der Waals surface area contributed by atoms with Crippen LogP contribution in [0.15, 0.2) is 55.0 Å². The summed E-state index contributed by atoms with van der Waals surface area (Å²) in [4.78, 5) is 33.2. The minimum atomic E-state index is 0.0988. The van der Waals surface area contributed by atoms with Crippen LogP contribution in [0.2, 0.25) is 0 Å². The molecular weight excluding hydrogens is 544 g/mol. The van der Waals surface area contributed by atoms with E-state index in [1.165, 1.54) is 42.8 Å². The monoisotopic (exact) mass is 580 g/mol.